The predicted molar refractivity (Wildman–Crippen MR) is 67.6 cm³/mol. The Hall–Kier alpha value is -0.920. The molecular weight excluding hydrogens is 212 g/mol. The highest BCUT2D eigenvalue weighted by molar-refractivity contribution is 5.97. The highest BCUT2D eigenvalue weighted by atomic mass is 16.1. The summed E-state index contributed by atoms with van der Waals surface area (Å²) in [4.78, 5) is 23.0. The van der Waals surface area contributed by atoms with Crippen molar-refractivity contribution in [2.75, 3.05) is 0 Å². The van der Waals surface area contributed by atoms with Gasteiger partial charge in [-0.3, -0.25) is 4.79 Å². The van der Waals surface area contributed by atoms with Crippen LogP contribution in [0.2, 0.25) is 0 Å². The summed E-state index contributed by atoms with van der Waals surface area (Å²) >= 11 is 0. The van der Waals surface area contributed by atoms with Gasteiger partial charge in [0.25, 0.3) is 0 Å². The standard InChI is InChI=1S/C15H22O2/c1-9(2)11-8-15(4)12(6-5-10(3)16)13(15)7-14(11)17/h12-13H,5-8H2,1-4H3/t12-,13-,15+/m0/s1. The van der Waals surface area contributed by atoms with E-state index in [1.807, 2.05) is 13.8 Å². The molecule has 0 saturated heterocycles. The molecule has 0 heterocycles. The van der Waals surface area contributed by atoms with Crippen molar-refractivity contribution in [1.82, 2.24) is 0 Å². The van der Waals surface area contributed by atoms with E-state index in [-0.39, 0.29) is 5.78 Å². The number of fused-ring (bicyclic) bond motifs is 1. The number of carbonyl (C=O) groups excluding carboxylic acids is 2. The van der Waals surface area contributed by atoms with Gasteiger partial charge in [-0.05, 0) is 56.4 Å². The molecule has 17 heavy (non-hydrogen) atoms. The number of rotatable bonds is 3. The maximum Gasteiger partial charge on any atom is 0.159 e. The van der Waals surface area contributed by atoms with Gasteiger partial charge in [-0.1, -0.05) is 12.5 Å². The summed E-state index contributed by atoms with van der Waals surface area (Å²) in [6.45, 7) is 8.01. The number of ketones is 2. The van der Waals surface area contributed by atoms with Crippen LogP contribution in [0.4, 0.5) is 0 Å². The smallest absolute Gasteiger partial charge is 0.159 e. The molecule has 0 unspecified atom stereocenters. The molecule has 0 amide bonds. The summed E-state index contributed by atoms with van der Waals surface area (Å²) in [5, 5.41) is 0. The zero-order chi connectivity index (χ0) is 12.8. The highest BCUT2D eigenvalue weighted by Gasteiger charge is 2.63. The Balaban J connectivity index is 2.08. The fourth-order valence-electron chi connectivity index (χ4n) is 3.55. The third-order valence-electron chi connectivity index (χ3n) is 4.78. The van der Waals surface area contributed by atoms with Crippen molar-refractivity contribution in [3.63, 3.8) is 0 Å². The van der Waals surface area contributed by atoms with Crippen LogP contribution in [0.1, 0.15) is 53.4 Å². The zero-order valence-corrected chi connectivity index (χ0v) is 11.3. The van der Waals surface area contributed by atoms with Crippen LogP contribution < -0.4 is 0 Å². The summed E-state index contributed by atoms with van der Waals surface area (Å²) in [5.74, 6) is 1.74. The van der Waals surface area contributed by atoms with E-state index < -0.39 is 0 Å². The largest absolute Gasteiger partial charge is 0.300 e. The van der Waals surface area contributed by atoms with Crippen LogP contribution in [0.3, 0.4) is 0 Å². The minimum absolute atomic E-state index is 0.269. The average molecular weight is 234 g/mol. The van der Waals surface area contributed by atoms with E-state index in [2.05, 4.69) is 6.92 Å². The third-order valence-corrected chi connectivity index (χ3v) is 4.78. The van der Waals surface area contributed by atoms with E-state index in [4.69, 9.17) is 0 Å². The summed E-state index contributed by atoms with van der Waals surface area (Å²) in [6, 6.07) is 0. The van der Waals surface area contributed by atoms with Crippen LogP contribution in [0.25, 0.3) is 0 Å². The molecule has 2 aliphatic carbocycles. The summed E-state index contributed by atoms with van der Waals surface area (Å²) in [5.41, 5.74) is 2.52. The van der Waals surface area contributed by atoms with Gasteiger partial charge in [-0.25, -0.2) is 0 Å². The van der Waals surface area contributed by atoms with Gasteiger partial charge in [0.1, 0.15) is 5.78 Å². The lowest BCUT2D eigenvalue weighted by Crippen LogP contribution is -2.17. The number of hydrogen-bond donors (Lipinski definition) is 0. The maximum atomic E-state index is 12.0. The van der Waals surface area contributed by atoms with Crippen molar-refractivity contribution in [3.8, 4) is 0 Å². The molecule has 0 N–H and O–H groups in total. The molecule has 0 aromatic heterocycles. The first-order valence-corrected chi connectivity index (χ1v) is 6.55. The first kappa shape index (κ1) is 12.5. The SMILES string of the molecule is CC(=O)CC[C@H]1[C@@H]2CC(=O)C(=C(C)C)C[C@]12C. The molecule has 2 aliphatic rings. The van der Waals surface area contributed by atoms with E-state index in [0.717, 1.165) is 18.4 Å². The molecular formula is C15H22O2. The molecule has 2 rings (SSSR count). The van der Waals surface area contributed by atoms with Gasteiger partial charge in [-0.2, -0.15) is 0 Å². The molecule has 0 aliphatic heterocycles. The minimum atomic E-state index is 0.269. The van der Waals surface area contributed by atoms with Gasteiger partial charge in [0, 0.05) is 12.8 Å². The lowest BCUT2D eigenvalue weighted by molar-refractivity contribution is -0.117. The Kier molecular flexibility index (Phi) is 3.01. The van der Waals surface area contributed by atoms with Gasteiger partial charge in [0.2, 0.25) is 0 Å². The fraction of sp³-hybridized carbons (Fsp3) is 0.733. The van der Waals surface area contributed by atoms with Crippen LogP contribution in [0.5, 0.6) is 0 Å². The van der Waals surface area contributed by atoms with Gasteiger partial charge < -0.3 is 4.79 Å². The molecule has 3 atom stereocenters. The van der Waals surface area contributed by atoms with Gasteiger partial charge in [0.05, 0.1) is 0 Å². The average Bonchev–Trinajstić information content (AvgIpc) is 2.78. The van der Waals surface area contributed by atoms with Gasteiger partial charge >= 0.3 is 0 Å². The number of allylic oxidation sites excluding steroid dienone is 2. The first-order chi connectivity index (χ1) is 7.86. The van der Waals surface area contributed by atoms with E-state index in [1.54, 1.807) is 6.92 Å². The normalized spacial score (nSPS) is 35.5. The van der Waals surface area contributed by atoms with Gasteiger partial charge in [0.15, 0.2) is 5.78 Å². The monoisotopic (exact) mass is 234 g/mol. The number of hydrogen-bond acceptors (Lipinski definition) is 2. The third kappa shape index (κ3) is 2.10. The van der Waals surface area contributed by atoms with E-state index in [1.165, 1.54) is 5.57 Å². The van der Waals surface area contributed by atoms with Crippen molar-refractivity contribution in [3.05, 3.63) is 11.1 Å². The zero-order valence-electron chi connectivity index (χ0n) is 11.3. The fourth-order valence-corrected chi connectivity index (χ4v) is 3.55. The summed E-state index contributed by atoms with van der Waals surface area (Å²) < 4.78 is 0. The molecule has 0 radical (unpaired) electrons. The molecule has 2 nitrogen and oxygen atoms in total. The molecule has 0 bridgehead atoms. The lowest BCUT2D eigenvalue weighted by Gasteiger charge is -2.20. The second kappa shape index (κ2) is 4.08. The van der Waals surface area contributed by atoms with Crippen LogP contribution in [-0.4, -0.2) is 11.6 Å². The van der Waals surface area contributed by atoms with Crippen molar-refractivity contribution in [1.29, 1.82) is 0 Å². The lowest BCUT2D eigenvalue weighted by atomic mass is 9.83. The Bertz CT molecular complexity index is 401. The van der Waals surface area contributed by atoms with Crippen LogP contribution in [0.15, 0.2) is 11.1 Å². The van der Waals surface area contributed by atoms with Crippen LogP contribution in [0, 0.1) is 17.3 Å². The second-order valence-corrected chi connectivity index (χ2v) is 6.24. The number of Topliss-reactive ketones (excluding diaryl/α,β-unsaturated/α-hetero) is 2. The Labute approximate surface area is 103 Å². The predicted octanol–water partition coefficient (Wildman–Crippen LogP) is 3.31. The second-order valence-electron chi connectivity index (χ2n) is 6.24. The first-order valence-electron chi connectivity index (χ1n) is 6.55. The van der Waals surface area contributed by atoms with E-state index >= 15 is 0 Å². The topological polar surface area (TPSA) is 34.1 Å². The van der Waals surface area contributed by atoms with Crippen LogP contribution in [-0.2, 0) is 9.59 Å². The summed E-state index contributed by atoms with van der Waals surface area (Å²) in [7, 11) is 0. The maximum absolute atomic E-state index is 12.0. The molecule has 0 aromatic carbocycles. The molecule has 2 heteroatoms. The van der Waals surface area contributed by atoms with Gasteiger partial charge in [-0.15, -0.1) is 0 Å². The summed E-state index contributed by atoms with van der Waals surface area (Å²) in [6.07, 6.45) is 3.29. The molecule has 2 saturated carbocycles. The molecule has 94 valence electrons. The van der Waals surface area contributed by atoms with Crippen molar-refractivity contribution in [2.45, 2.75) is 53.4 Å². The van der Waals surface area contributed by atoms with Crippen LogP contribution >= 0.6 is 0 Å². The molecule has 0 aromatic rings. The Morgan fingerprint density at radius 2 is 2.00 bits per heavy atom. The van der Waals surface area contributed by atoms with Crippen molar-refractivity contribution < 1.29 is 9.59 Å². The molecule has 0 spiro atoms. The minimum Gasteiger partial charge on any atom is -0.300 e. The van der Waals surface area contributed by atoms with Crippen molar-refractivity contribution >= 4 is 11.6 Å². The molecule has 2 fully saturated rings. The van der Waals surface area contributed by atoms with E-state index in [9.17, 15) is 9.59 Å². The number of carbonyl (C=O) groups is 2. The highest BCUT2D eigenvalue weighted by Crippen LogP contribution is 2.68. The Morgan fingerprint density at radius 1 is 1.35 bits per heavy atom. The van der Waals surface area contributed by atoms with Crippen molar-refractivity contribution in [2.24, 2.45) is 17.3 Å². The Morgan fingerprint density at radius 3 is 2.53 bits per heavy atom. The van der Waals surface area contributed by atoms with E-state index in [0.29, 0.717) is 35.9 Å². The quantitative estimate of drug-likeness (QED) is 0.702.